The number of carboxylic acids is 1. The van der Waals surface area contributed by atoms with Crippen LogP contribution in [0.4, 0.5) is 0 Å². The van der Waals surface area contributed by atoms with Crippen molar-refractivity contribution in [2.45, 2.75) is 19.5 Å². The molecule has 10 nitrogen and oxygen atoms in total. The number of pyridine rings is 1. The number of aromatic nitrogens is 4. The minimum absolute atomic E-state index is 0.0652. The standard InChI is InChI=1S/C21H23N5O5/c1-30-7-3-6-26-13-19(24-25-26)16-4-2-5-18(9-16)31-14-20(27)23-11-15-8-17(21(28)29)12-22-10-15/h2,4-5,8-10,12-13H,3,6-7,11,14H2,1H3,(H,23,27)(H,28,29). The zero-order chi connectivity index (χ0) is 22.1. The summed E-state index contributed by atoms with van der Waals surface area (Å²) in [5.41, 5.74) is 2.19. The average molecular weight is 425 g/mol. The second kappa shape index (κ2) is 10.8. The molecule has 0 radical (unpaired) electrons. The van der Waals surface area contributed by atoms with Crippen LogP contribution >= 0.6 is 0 Å². The quantitative estimate of drug-likeness (QED) is 0.445. The molecule has 0 spiro atoms. The van der Waals surface area contributed by atoms with Gasteiger partial charge in [0.05, 0.1) is 11.8 Å². The zero-order valence-electron chi connectivity index (χ0n) is 17.0. The minimum Gasteiger partial charge on any atom is -0.484 e. The summed E-state index contributed by atoms with van der Waals surface area (Å²) in [5, 5.41) is 19.9. The van der Waals surface area contributed by atoms with Crippen molar-refractivity contribution in [3.63, 3.8) is 0 Å². The normalized spacial score (nSPS) is 10.6. The Labute approximate surface area is 178 Å². The number of benzene rings is 1. The molecule has 0 fully saturated rings. The van der Waals surface area contributed by atoms with Crippen molar-refractivity contribution in [1.82, 2.24) is 25.3 Å². The zero-order valence-corrected chi connectivity index (χ0v) is 17.0. The van der Waals surface area contributed by atoms with Gasteiger partial charge in [0, 0.05) is 44.8 Å². The molecule has 10 heteroatoms. The van der Waals surface area contributed by atoms with E-state index in [2.05, 4.69) is 20.6 Å². The van der Waals surface area contributed by atoms with Gasteiger partial charge in [-0.15, -0.1) is 5.10 Å². The summed E-state index contributed by atoms with van der Waals surface area (Å²) in [6, 6.07) is 8.70. The number of hydrogen-bond donors (Lipinski definition) is 2. The number of amides is 1. The van der Waals surface area contributed by atoms with E-state index in [1.165, 1.54) is 18.5 Å². The van der Waals surface area contributed by atoms with Crippen LogP contribution in [0, 0.1) is 0 Å². The Morgan fingerprint density at radius 3 is 2.90 bits per heavy atom. The van der Waals surface area contributed by atoms with Gasteiger partial charge in [-0.3, -0.25) is 14.5 Å². The number of nitrogens with zero attached hydrogens (tertiary/aromatic N) is 4. The largest absolute Gasteiger partial charge is 0.484 e. The number of nitrogens with one attached hydrogen (secondary N) is 1. The smallest absolute Gasteiger partial charge is 0.337 e. The molecule has 0 unspecified atom stereocenters. The summed E-state index contributed by atoms with van der Waals surface area (Å²) in [6.45, 7) is 1.34. The summed E-state index contributed by atoms with van der Waals surface area (Å²) in [6.07, 6.45) is 5.44. The van der Waals surface area contributed by atoms with Crippen LogP contribution in [0.15, 0.2) is 48.9 Å². The lowest BCUT2D eigenvalue weighted by molar-refractivity contribution is -0.123. The molecule has 0 saturated carbocycles. The van der Waals surface area contributed by atoms with E-state index in [1.54, 1.807) is 23.9 Å². The molecule has 162 valence electrons. The Hall–Kier alpha value is -3.79. The third-order valence-electron chi connectivity index (χ3n) is 4.31. The lowest BCUT2D eigenvalue weighted by atomic mass is 10.1. The summed E-state index contributed by atoms with van der Waals surface area (Å²) in [4.78, 5) is 26.9. The first-order valence-electron chi connectivity index (χ1n) is 9.61. The van der Waals surface area contributed by atoms with Crippen LogP contribution in [-0.4, -0.2) is 57.3 Å². The first kappa shape index (κ1) is 21.9. The Morgan fingerprint density at radius 1 is 1.23 bits per heavy atom. The predicted octanol–water partition coefficient (Wildman–Crippen LogP) is 1.77. The highest BCUT2D eigenvalue weighted by Crippen LogP contribution is 2.22. The molecule has 2 N–H and O–H groups in total. The SMILES string of the molecule is COCCCn1cc(-c2cccc(OCC(=O)NCc3cncc(C(=O)O)c3)c2)nn1. The topological polar surface area (TPSA) is 128 Å². The summed E-state index contributed by atoms with van der Waals surface area (Å²) in [7, 11) is 1.66. The second-order valence-electron chi connectivity index (χ2n) is 6.69. The third-order valence-corrected chi connectivity index (χ3v) is 4.31. The number of carboxylic acid groups (broad SMARTS) is 1. The summed E-state index contributed by atoms with van der Waals surface area (Å²) < 4.78 is 12.4. The highest BCUT2D eigenvalue weighted by molar-refractivity contribution is 5.87. The first-order valence-corrected chi connectivity index (χ1v) is 9.61. The Bertz CT molecular complexity index is 1040. The molecule has 0 aliphatic heterocycles. The van der Waals surface area contributed by atoms with E-state index in [-0.39, 0.29) is 24.6 Å². The van der Waals surface area contributed by atoms with Gasteiger partial charge in [-0.25, -0.2) is 4.79 Å². The monoisotopic (exact) mass is 425 g/mol. The highest BCUT2D eigenvalue weighted by Gasteiger charge is 2.09. The predicted molar refractivity (Wildman–Crippen MR) is 110 cm³/mol. The van der Waals surface area contributed by atoms with Crippen LogP contribution in [0.3, 0.4) is 0 Å². The van der Waals surface area contributed by atoms with E-state index in [0.717, 1.165) is 12.0 Å². The van der Waals surface area contributed by atoms with Crippen molar-refractivity contribution < 1.29 is 24.2 Å². The number of ether oxygens (including phenoxy) is 2. The number of carbonyl (C=O) groups excluding carboxylic acids is 1. The molecule has 0 bridgehead atoms. The third kappa shape index (κ3) is 6.61. The van der Waals surface area contributed by atoms with E-state index in [4.69, 9.17) is 14.6 Å². The first-order chi connectivity index (χ1) is 15.0. The number of aromatic carboxylic acids is 1. The maximum absolute atomic E-state index is 12.1. The molecule has 1 aromatic carbocycles. The lowest BCUT2D eigenvalue weighted by Gasteiger charge is -2.08. The molecule has 3 aromatic rings. The van der Waals surface area contributed by atoms with E-state index in [1.807, 2.05) is 18.3 Å². The number of methoxy groups -OCH3 is 1. The molecule has 1 amide bonds. The summed E-state index contributed by atoms with van der Waals surface area (Å²) in [5.74, 6) is -0.884. The van der Waals surface area contributed by atoms with E-state index >= 15 is 0 Å². The fourth-order valence-electron chi connectivity index (χ4n) is 2.76. The van der Waals surface area contributed by atoms with E-state index in [9.17, 15) is 9.59 Å². The minimum atomic E-state index is -1.07. The molecule has 0 saturated heterocycles. The molecule has 2 heterocycles. The molecule has 0 atom stereocenters. The second-order valence-corrected chi connectivity index (χ2v) is 6.69. The fourth-order valence-corrected chi connectivity index (χ4v) is 2.76. The molecule has 31 heavy (non-hydrogen) atoms. The van der Waals surface area contributed by atoms with Gasteiger partial charge in [-0.2, -0.15) is 0 Å². The maximum Gasteiger partial charge on any atom is 0.337 e. The van der Waals surface area contributed by atoms with Crippen LogP contribution in [0.1, 0.15) is 22.3 Å². The van der Waals surface area contributed by atoms with Gasteiger partial charge in [0.2, 0.25) is 0 Å². The van der Waals surface area contributed by atoms with E-state index < -0.39 is 5.97 Å². The molecule has 0 aliphatic rings. The maximum atomic E-state index is 12.1. The van der Waals surface area contributed by atoms with Crippen LogP contribution in [0.5, 0.6) is 5.75 Å². The number of hydrogen-bond acceptors (Lipinski definition) is 7. The lowest BCUT2D eigenvalue weighted by Crippen LogP contribution is -2.28. The van der Waals surface area contributed by atoms with Gasteiger partial charge < -0.3 is 19.9 Å². The van der Waals surface area contributed by atoms with Crippen molar-refractivity contribution in [3.05, 3.63) is 60.0 Å². The number of carbonyl (C=O) groups is 2. The van der Waals surface area contributed by atoms with Gasteiger partial charge in [-0.1, -0.05) is 17.3 Å². The van der Waals surface area contributed by atoms with Crippen LogP contribution in [-0.2, 0) is 22.6 Å². The molecule has 3 rings (SSSR count). The van der Waals surface area contributed by atoms with E-state index in [0.29, 0.717) is 30.2 Å². The van der Waals surface area contributed by atoms with Crippen LogP contribution < -0.4 is 10.1 Å². The van der Waals surface area contributed by atoms with Crippen molar-refractivity contribution >= 4 is 11.9 Å². The van der Waals surface area contributed by atoms with Crippen molar-refractivity contribution in [1.29, 1.82) is 0 Å². The molecule has 2 aromatic heterocycles. The van der Waals surface area contributed by atoms with Crippen LogP contribution in [0.2, 0.25) is 0 Å². The number of aryl methyl sites for hydroxylation is 1. The van der Waals surface area contributed by atoms with Crippen molar-refractivity contribution in [2.75, 3.05) is 20.3 Å². The van der Waals surface area contributed by atoms with Gasteiger partial charge in [0.15, 0.2) is 6.61 Å². The van der Waals surface area contributed by atoms with Crippen molar-refractivity contribution in [2.24, 2.45) is 0 Å². The van der Waals surface area contributed by atoms with Gasteiger partial charge in [0.1, 0.15) is 11.4 Å². The van der Waals surface area contributed by atoms with Gasteiger partial charge in [0.25, 0.3) is 5.91 Å². The molecule has 0 aliphatic carbocycles. The van der Waals surface area contributed by atoms with Gasteiger partial charge >= 0.3 is 5.97 Å². The Kier molecular flexibility index (Phi) is 7.66. The summed E-state index contributed by atoms with van der Waals surface area (Å²) >= 11 is 0. The Balaban J connectivity index is 1.51. The average Bonchev–Trinajstić information content (AvgIpc) is 3.26. The molecular formula is C21H23N5O5. The Morgan fingerprint density at radius 2 is 2.10 bits per heavy atom. The fraction of sp³-hybridized carbons (Fsp3) is 0.286. The van der Waals surface area contributed by atoms with Crippen molar-refractivity contribution in [3.8, 4) is 17.0 Å². The van der Waals surface area contributed by atoms with Gasteiger partial charge in [-0.05, 0) is 30.2 Å². The molecular weight excluding hydrogens is 402 g/mol. The highest BCUT2D eigenvalue weighted by atomic mass is 16.5. The van der Waals surface area contributed by atoms with Crippen LogP contribution in [0.25, 0.3) is 11.3 Å². The number of rotatable bonds is 11.